The molecule has 3 N–H and O–H groups in total. The van der Waals surface area contributed by atoms with Crippen molar-refractivity contribution in [3.05, 3.63) is 39.2 Å². The summed E-state index contributed by atoms with van der Waals surface area (Å²) in [5.74, 6) is 0. The zero-order valence-corrected chi connectivity index (χ0v) is 14.2. The molecule has 0 aromatic carbocycles. The van der Waals surface area contributed by atoms with Gasteiger partial charge in [0, 0.05) is 12.4 Å². The van der Waals surface area contributed by atoms with Crippen LogP contribution in [0.25, 0.3) is 6.20 Å². The fourth-order valence-corrected chi connectivity index (χ4v) is 3.51. The van der Waals surface area contributed by atoms with Gasteiger partial charge in [-0.15, -0.1) is 13.2 Å². The molecular formula is C15H23N2O5P. The molecule has 0 bridgehead atoms. The van der Waals surface area contributed by atoms with Crippen molar-refractivity contribution in [2.24, 2.45) is 0 Å². The van der Waals surface area contributed by atoms with E-state index >= 15 is 0 Å². The molecule has 7 nitrogen and oxygen atoms in total. The van der Waals surface area contributed by atoms with Crippen LogP contribution in [0.2, 0.25) is 0 Å². The van der Waals surface area contributed by atoms with Gasteiger partial charge >= 0.3 is 5.69 Å². The minimum Gasteiger partial charge on any atom is -0.388 e. The standard InChI is InChI=1S/C15H23N2O5P/c1-5-17-8-9(14(20)16-15(17)21)13-12(19)11(18)10(22-13)6-7-23(2,3)4/h5,8,10-13,18-19H,1-2,6-7H2,3-4H3,(H,16,20,21)/t10-,11-,12-,13?/m1/s1. The number of hydrogen-bond donors (Lipinski definition) is 3. The van der Waals surface area contributed by atoms with Gasteiger partial charge in [0.1, 0.15) is 18.3 Å². The van der Waals surface area contributed by atoms with E-state index in [9.17, 15) is 19.8 Å². The molecule has 2 heterocycles. The highest BCUT2D eigenvalue weighted by atomic mass is 31.2. The van der Waals surface area contributed by atoms with Crippen LogP contribution in [0.15, 0.2) is 22.4 Å². The molecular weight excluding hydrogens is 319 g/mol. The molecule has 1 aromatic rings. The van der Waals surface area contributed by atoms with Crippen LogP contribution in [0.3, 0.4) is 0 Å². The Bertz CT molecular complexity index is 747. The van der Waals surface area contributed by atoms with Crippen molar-refractivity contribution in [1.29, 1.82) is 0 Å². The second kappa shape index (κ2) is 6.61. The lowest BCUT2D eigenvalue weighted by molar-refractivity contribution is 0.00505. The lowest BCUT2D eigenvalue weighted by Crippen LogP contribution is -2.34. The summed E-state index contributed by atoms with van der Waals surface area (Å²) >= 11 is 0. The summed E-state index contributed by atoms with van der Waals surface area (Å²) in [7, 11) is 0. The first kappa shape index (κ1) is 17.9. The number of ether oxygens (including phenoxy) is 1. The topological polar surface area (TPSA) is 105 Å². The monoisotopic (exact) mass is 342 g/mol. The van der Waals surface area contributed by atoms with Crippen molar-refractivity contribution < 1.29 is 14.9 Å². The molecule has 1 saturated heterocycles. The Labute approximate surface area is 134 Å². The molecule has 128 valence electrons. The van der Waals surface area contributed by atoms with Crippen molar-refractivity contribution in [2.75, 3.05) is 19.5 Å². The second-order valence-corrected chi connectivity index (χ2v) is 10.8. The van der Waals surface area contributed by atoms with Gasteiger partial charge in [0.2, 0.25) is 0 Å². The van der Waals surface area contributed by atoms with Gasteiger partial charge < -0.3 is 14.9 Å². The van der Waals surface area contributed by atoms with Gasteiger partial charge in [0.15, 0.2) is 0 Å². The average Bonchev–Trinajstić information content (AvgIpc) is 2.73. The molecule has 23 heavy (non-hydrogen) atoms. The molecule has 1 aliphatic heterocycles. The first-order valence-corrected chi connectivity index (χ1v) is 10.4. The van der Waals surface area contributed by atoms with Crippen LogP contribution in [0.4, 0.5) is 0 Å². The predicted octanol–water partition coefficient (Wildman–Crippen LogP) is -0.102. The molecule has 2 rings (SSSR count). The van der Waals surface area contributed by atoms with Gasteiger partial charge in [-0.25, -0.2) is 4.79 Å². The Morgan fingerprint density at radius 1 is 1.39 bits per heavy atom. The number of H-pyrrole nitrogens is 1. The highest BCUT2D eigenvalue weighted by Gasteiger charge is 2.44. The molecule has 1 unspecified atom stereocenters. The van der Waals surface area contributed by atoms with Crippen LogP contribution in [-0.4, -0.2) is 63.9 Å². The Hall–Kier alpha value is -1.40. The zero-order valence-electron chi connectivity index (χ0n) is 13.3. The van der Waals surface area contributed by atoms with Gasteiger partial charge in [0.05, 0.1) is 11.7 Å². The molecule has 0 saturated carbocycles. The van der Waals surface area contributed by atoms with Crippen LogP contribution in [0, 0.1) is 0 Å². The fraction of sp³-hybridized carbons (Fsp3) is 0.533. The lowest BCUT2D eigenvalue weighted by atomic mass is 10.0. The number of hydrogen-bond acceptors (Lipinski definition) is 5. The molecule has 0 aliphatic carbocycles. The number of aliphatic hydroxyl groups is 2. The first-order valence-electron chi connectivity index (χ1n) is 7.31. The molecule has 0 radical (unpaired) electrons. The number of aromatic amines is 1. The normalized spacial score (nSPS) is 28.0. The van der Waals surface area contributed by atoms with Gasteiger partial charge in [-0.2, -0.15) is 0 Å². The summed E-state index contributed by atoms with van der Waals surface area (Å²) in [6.45, 7) is 6.35. The molecule has 8 heteroatoms. The Kier molecular flexibility index (Phi) is 5.16. The van der Waals surface area contributed by atoms with E-state index in [0.717, 1.165) is 10.7 Å². The summed E-state index contributed by atoms with van der Waals surface area (Å²) in [5.41, 5.74) is -1.18. The summed E-state index contributed by atoms with van der Waals surface area (Å²) in [5, 5.41) is 20.4. The highest BCUT2D eigenvalue weighted by Crippen LogP contribution is 2.40. The van der Waals surface area contributed by atoms with Crippen molar-refractivity contribution in [1.82, 2.24) is 9.55 Å². The minimum atomic E-state index is -1.28. The average molecular weight is 342 g/mol. The fourth-order valence-electron chi connectivity index (χ4n) is 2.56. The summed E-state index contributed by atoms with van der Waals surface area (Å²) in [6, 6.07) is 0. The quantitative estimate of drug-likeness (QED) is 0.648. The van der Waals surface area contributed by atoms with E-state index in [1.54, 1.807) is 0 Å². The first-order chi connectivity index (χ1) is 10.6. The van der Waals surface area contributed by atoms with E-state index < -0.39 is 42.6 Å². The Morgan fingerprint density at radius 2 is 2.04 bits per heavy atom. The number of nitrogens with zero attached hydrogens (tertiary/aromatic N) is 1. The van der Waals surface area contributed by atoms with Crippen molar-refractivity contribution >= 4 is 19.4 Å². The largest absolute Gasteiger partial charge is 0.388 e. The third-order valence-electron chi connectivity index (χ3n) is 3.88. The predicted molar refractivity (Wildman–Crippen MR) is 92.7 cm³/mol. The van der Waals surface area contributed by atoms with Crippen molar-refractivity contribution in [3.8, 4) is 0 Å². The zero-order chi connectivity index (χ0) is 17.4. The maximum Gasteiger partial charge on any atom is 0.332 e. The smallest absolute Gasteiger partial charge is 0.332 e. The highest BCUT2D eigenvalue weighted by molar-refractivity contribution is 7.72. The second-order valence-electron chi connectivity index (χ2n) is 6.46. The molecule has 1 aliphatic rings. The molecule has 0 spiro atoms. The van der Waals surface area contributed by atoms with E-state index in [2.05, 4.69) is 31.2 Å². The van der Waals surface area contributed by atoms with Crippen LogP contribution < -0.4 is 11.2 Å². The molecule has 1 fully saturated rings. The van der Waals surface area contributed by atoms with E-state index in [-0.39, 0.29) is 5.56 Å². The van der Waals surface area contributed by atoms with Gasteiger partial charge in [0.25, 0.3) is 5.56 Å². The van der Waals surface area contributed by atoms with E-state index in [1.165, 1.54) is 12.4 Å². The maximum absolute atomic E-state index is 12.0. The molecule has 4 atom stereocenters. The SMILES string of the molecule is C=Cn1cc(C2O[C@H](CCP(=C)(C)C)[C@@H](O)[C@H]2O)c(=O)[nH]c1=O. The Balaban J connectivity index is 2.28. The van der Waals surface area contributed by atoms with Crippen LogP contribution in [0.5, 0.6) is 0 Å². The number of aliphatic hydroxyl groups excluding tert-OH is 2. The maximum atomic E-state index is 12.0. The Morgan fingerprint density at radius 3 is 2.61 bits per heavy atom. The number of rotatable bonds is 5. The minimum absolute atomic E-state index is 0.0854. The van der Waals surface area contributed by atoms with Crippen LogP contribution >= 0.6 is 6.89 Å². The van der Waals surface area contributed by atoms with Crippen LogP contribution in [-0.2, 0) is 4.74 Å². The number of aromatic nitrogens is 2. The van der Waals surface area contributed by atoms with Gasteiger partial charge in [-0.3, -0.25) is 14.3 Å². The summed E-state index contributed by atoms with van der Waals surface area (Å²) < 4.78 is 6.80. The van der Waals surface area contributed by atoms with E-state index in [4.69, 9.17) is 4.74 Å². The van der Waals surface area contributed by atoms with Gasteiger partial charge in [-0.05, 0) is 25.9 Å². The summed E-state index contributed by atoms with van der Waals surface area (Å²) in [4.78, 5) is 25.7. The molecule has 1 aromatic heterocycles. The van der Waals surface area contributed by atoms with Crippen LogP contribution in [0.1, 0.15) is 18.1 Å². The van der Waals surface area contributed by atoms with Crippen molar-refractivity contribution in [3.63, 3.8) is 0 Å². The van der Waals surface area contributed by atoms with Gasteiger partial charge in [-0.1, -0.05) is 6.58 Å². The molecule has 0 amide bonds. The summed E-state index contributed by atoms with van der Waals surface area (Å²) in [6.07, 6.45) is 4.10. The third kappa shape index (κ3) is 3.93. The third-order valence-corrected chi connectivity index (χ3v) is 5.35. The number of nitrogens with one attached hydrogen (secondary N) is 1. The van der Waals surface area contributed by atoms with E-state index in [1.807, 2.05) is 0 Å². The lowest BCUT2D eigenvalue weighted by Gasteiger charge is -2.18. The van der Waals surface area contributed by atoms with E-state index in [0.29, 0.717) is 6.42 Å². The van der Waals surface area contributed by atoms with Crippen molar-refractivity contribution in [2.45, 2.75) is 30.8 Å².